The zero-order valence-corrected chi connectivity index (χ0v) is 10.9. The Labute approximate surface area is 108 Å². The molecule has 1 atom stereocenters. The fourth-order valence-corrected chi connectivity index (χ4v) is 1.75. The lowest BCUT2D eigenvalue weighted by atomic mass is 10.1. The second kappa shape index (κ2) is 5.29. The second-order valence-corrected chi connectivity index (χ2v) is 4.49. The van der Waals surface area contributed by atoms with Crippen LogP contribution >= 0.6 is 15.9 Å². The van der Waals surface area contributed by atoms with Gasteiger partial charge in [-0.15, -0.1) is 0 Å². The van der Waals surface area contributed by atoms with E-state index in [0.717, 1.165) is 10.0 Å². The van der Waals surface area contributed by atoms with E-state index in [-0.39, 0.29) is 0 Å². The Morgan fingerprint density at radius 1 is 1.18 bits per heavy atom. The van der Waals surface area contributed by atoms with Gasteiger partial charge in [0.1, 0.15) is 11.9 Å². The number of ether oxygens (including phenoxy) is 1. The van der Waals surface area contributed by atoms with Crippen molar-refractivity contribution in [2.24, 2.45) is 0 Å². The highest BCUT2D eigenvalue weighted by Crippen LogP contribution is 2.23. The predicted octanol–water partition coefficient (Wildman–Crippen LogP) is 2.93. The van der Waals surface area contributed by atoms with Crippen LogP contribution in [0.3, 0.4) is 0 Å². The first-order valence-electron chi connectivity index (χ1n) is 5.14. The Balaban J connectivity index is 2.23. The molecule has 0 saturated heterocycles. The molecule has 2 rings (SSSR count). The molecular formula is C13H12BrNO2. The largest absolute Gasteiger partial charge is 0.495 e. The molecule has 1 unspecified atom stereocenters. The van der Waals surface area contributed by atoms with Crippen molar-refractivity contribution >= 4 is 15.9 Å². The molecular weight excluding hydrogens is 282 g/mol. The fraction of sp³-hybridized carbons (Fsp3) is 0.154. The third-order valence-electron chi connectivity index (χ3n) is 2.46. The van der Waals surface area contributed by atoms with Crippen LogP contribution in [0.15, 0.2) is 47.1 Å². The van der Waals surface area contributed by atoms with Gasteiger partial charge >= 0.3 is 0 Å². The zero-order chi connectivity index (χ0) is 12.3. The molecule has 0 amide bonds. The van der Waals surface area contributed by atoms with Crippen LogP contribution in [0.4, 0.5) is 0 Å². The lowest BCUT2D eigenvalue weighted by molar-refractivity contribution is 0.215. The number of rotatable bonds is 3. The van der Waals surface area contributed by atoms with Crippen LogP contribution in [0.5, 0.6) is 5.75 Å². The van der Waals surface area contributed by atoms with Crippen molar-refractivity contribution in [3.8, 4) is 5.75 Å². The first-order valence-corrected chi connectivity index (χ1v) is 5.93. The van der Waals surface area contributed by atoms with Crippen LogP contribution in [0.1, 0.15) is 17.4 Å². The van der Waals surface area contributed by atoms with E-state index in [1.54, 1.807) is 25.4 Å². The fourth-order valence-electron chi connectivity index (χ4n) is 1.49. The van der Waals surface area contributed by atoms with Gasteiger partial charge in [0.05, 0.1) is 19.0 Å². The topological polar surface area (TPSA) is 42.4 Å². The van der Waals surface area contributed by atoms with E-state index in [2.05, 4.69) is 20.9 Å². The smallest absolute Gasteiger partial charge is 0.137 e. The van der Waals surface area contributed by atoms with Gasteiger partial charge in [-0.05, 0) is 29.8 Å². The first kappa shape index (κ1) is 12.1. The Morgan fingerprint density at radius 2 is 1.88 bits per heavy atom. The number of hydrogen-bond acceptors (Lipinski definition) is 3. The Kier molecular flexibility index (Phi) is 3.76. The van der Waals surface area contributed by atoms with Gasteiger partial charge < -0.3 is 9.84 Å². The quantitative estimate of drug-likeness (QED) is 0.946. The summed E-state index contributed by atoms with van der Waals surface area (Å²) in [5.41, 5.74) is 1.42. The molecule has 2 aromatic rings. The molecule has 1 heterocycles. The lowest BCUT2D eigenvalue weighted by Gasteiger charge is -2.10. The molecule has 17 heavy (non-hydrogen) atoms. The van der Waals surface area contributed by atoms with E-state index in [9.17, 15) is 5.11 Å². The highest BCUT2D eigenvalue weighted by Gasteiger charge is 2.11. The van der Waals surface area contributed by atoms with Crippen LogP contribution in [0.2, 0.25) is 0 Å². The van der Waals surface area contributed by atoms with E-state index in [1.807, 2.05) is 24.3 Å². The molecule has 0 fully saturated rings. The summed E-state index contributed by atoms with van der Waals surface area (Å²) in [6.45, 7) is 0. The monoisotopic (exact) mass is 293 g/mol. The molecule has 1 aromatic carbocycles. The molecule has 0 spiro atoms. The van der Waals surface area contributed by atoms with Gasteiger partial charge in [0, 0.05) is 4.47 Å². The summed E-state index contributed by atoms with van der Waals surface area (Å²) in [5.74, 6) is 0.678. The number of nitrogens with zero attached hydrogens (tertiary/aromatic N) is 1. The number of methoxy groups -OCH3 is 1. The van der Waals surface area contributed by atoms with Gasteiger partial charge in [-0.2, -0.15) is 0 Å². The van der Waals surface area contributed by atoms with Gasteiger partial charge in [-0.3, -0.25) is 4.98 Å². The van der Waals surface area contributed by atoms with Crippen LogP contribution in [-0.2, 0) is 0 Å². The standard InChI is InChI=1S/C13H12BrNO2/c1-17-11-6-7-12(15-8-11)13(16)9-2-4-10(14)5-3-9/h2-8,13,16H,1H3. The average Bonchev–Trinajstić information content (AvgIpc) is 2.39. The molecule has 0 radical (unpaired) electrons. The van der Waals surface area contributed by atoms with Gasteiger partial charge in [-0.1, -0.05) is 28.1 Å². The minimum Gasteiger partial charge on any atom is -0.495 e. The molecule has 0 aliphatic carbocycles. The summed E-state index contributed by atoms with van der Waals surface area (Å²) in [4.78, 5) is 4.16. The number of aliphatic hydroxyl groups is 1. The summed E-state index contributed by atoms with van der Waals surface area (Å²) in [7, 11) is 1.59. The van der Waals surface area contributed by atoms with E-state index >= 15 is 0 Å². The van der Waals surface area contributed by atoms with Crippen molar-refractivity contribution in [1.29, 1.82) is 0 Å². The summed E-state index contributed by atoms with van der Waals surface area (Å²) in [6.07, 6.45) is 0.881. The molecule has 88 valence electrons. The van der Waals surface area contributed by atoms with Gasteiger partial charge in [0.25, 0.3) is 0 Å². The van der Waals surface area contributed by atoms with E-state index in [0.29, 0.717) is 11.4 Å². The normalized spacial score (nSPS) is 12.2. The molecule has 1 N–H and O–H groups in total. The molecule has 1 aromatic heterocycles. The van der Waals surface area contributed by atoms with Crippen molar-refractivity contribution in [3.05, 3.63) is 58.3 Å². The maximum Gasteiger partial charge on any atom is 0.137 e. The van der Waals surface area contributed by atoms with Gasteiger partial charge in [0.15, 0.2) is 0 Å². The predicted molar refractivity (Wildman–Crippen MR) is 69.0 cm³/mol. The first-order chi connectivity index (χ1) is 8.20. The molecule has 0 aliphatic rings. The van der Waals surface area contributed by atoms with E-state index in [1.165, 1.54) is 0 Å². The third-order valence-corrected chi connectivity index (χ3v) is 2.99. The number of benzene rings is 1. The van der Waals surface area contributed by atoms with Gasteiger partial charge in [-0.25, -0.2) is 0 Å². The molecule has 0 saturated carbocycles. The van der Waals surface area contributed by atoms with Crippen molar-refractivity contribution in [2.45, 2.75) is 6.10 Å². The van der Waals surface area contributed by atoms with Crippen LogP contribution < -0.4 is 4.74 Å². The summed E-state index contributed by atoms with van der Waals surface area (Å²) < 4.78 is 6.00. The number of pyridine rings is 1. The minimum atomic E-state index is -0.714. The molecule has 0 bridgehead atoms. The SMILES string of the molecule is COc1ccc(C(O)c2ccc(Br)cc2)nc1. The molecule has 4 heteroatoms. The maximum atomic E-state index is 10.1. The highest BCUT2D eigenvalue weighted by atomic mass is 79.9. The van der Waals surface area contributed by atoms with E-state index in [4.69, 9.17) is 4.74 Å². The number of halogens is 1. The summed E-state index contributed by atoms with van der Waals surface area (Å²) in [5, 5.41) is 10.1. The third kappa shape index (κ3) is 2.84. The highest BCUT2D eigenvalue weighted by molar-refractivity contribution is 9.10. The average molecular weight is 294 g/mol. The Bertz CT molecular complexity index is 482. The summed E-state index contributed by atoms with van der Waals surface area (Å²) >= 11 is 3.36. The summed E-state index contributed by atoms with van der Waals surface area (Å²) in [6, 6.07) is 11.0. The Morgan fingerprint density at radius 3 is 2.41 bits per heavy atom. The minimum absolute atomic E-state index is 0.605. The van der Waals surface area contributed by atoms with Crippen molar-refractivity contribution in [1.82, 2.24) is 4.98 Å². The van der Waals surface area contributed by atoms with Crippen LogP contribution in [0.25, 0.3) is 0 Å². The van der Waals surface area contributed by atoms with Crippen LogP contribution in [-0.4, -0.2) is 17.2 Å². The lowest BCUT2D eigenvalue weighted by Crippen LogP contribution is -2.02. The maximum absolute atomic E-state index is 10.1. The van der Waals surface area contributed by atoms with E-state index < -0.39 is 6.10 Å². The second-order valence-electron chi connectivity index (χ2n) is 3.58. The van der Waals surface area contributed by atoms with Crippen molar-refractivity contribution in [3.63, 3.8) is 0 Å². The number of hydrogen-bond donors (Lipinski definition) is 1. The molecule has 0 aliphatic heterocycles. The zero-order valence-electron chi connectivity index (χ0n) is 9.30. The Hall–Kier alpha value is -1.39. The van der Waals surface area contributed by atoms with Crippen molar-refractivity contribution < 1.29 is 9.84 Å². The number of aliphatic hydroxyl groups excluding tert-OH is 1. The van der Waals surface area contributed by atoms with Crippen molar-refractivity contribution in [2.75, 3.05) is 7.11 Å². The number of aromatic nitrogens is 1. The molecule has 3 nitrogen and oxygen atoms in total. The van der Waals surface area contributed by atoms with Crippen LogP contribution in [0, 0.1) is 0 Å². The van der Waals surface area contributed by atoms with Gasteiger partial charge in [0.2, 0.25) is 0 Å².